The van der Waals surface area contributed by atoms with Gasteiger partial charge in [0.1, 0.15) is 0 Å². The Kier molecular flexibility index (Phi) is 6.55. The molecule has 1 amide bonds. The number of aliphatic hydroxyl groups excluding tert-OH is 1. The summed E-state index contributed by atoms with van der Waals surface area (Å²) in [4.78, 5) is 28.0. The third kappa shape index (κ3) is 4.43. The summed E-state index contributed by atoms with van der Waals surface area (Å²) in [6.07, 6.45) is 0.0326. The minimum Gasteiger partial charge on any atom is -0.503 e. The molecule has 0 saturated heterocycles. The summed E-state index contributed by atoms with van der Waals surface area (Å²) in [7, 11) is 0. The third-order valence-corrected chi connectivity index (χ3v) is 5.86. The van der Waals surface area contributed by atoms with Gasteiger partial charge in [-0.1, -0.05) is 44.2 Å². The highest BCUT2D eigenvalue weighted by molar-refractivity contribution is 7.12. The molecule has 1 atom stereocenters. The molecule has 3 rings (SSSR count). The summed E-state index contributed by atoms with van der Waals surface area (Å²) in [6, 6.07) is 10.8. The number of benzene rings is 1. The van der Waals surface area contributed by atoms with Gasteiger partial charge in [0.25, 0.3) is 5.91 Å². The predicted molar refractivity (Wildman–Crippen MR) is 114 cm³/mol. The number of ether oxygens (including phenoxy) is 1. The molecule has 0 bridgehead atoms. The van der Waals surface area contributed by atoms with Crippen molar-refractivity contribution < 1.29 is 19.4 Å². The average molecular weight is 414 g/mol. The number of aliphatic hydroxyl groups is 1. The molecule has 2 heterocycles. The van der Waals surface area contributed by atoms with Gasteiger partial charge < -0.3 is 14.7 Å². The average Bonchev–Trinajstić information content (AvgIpc) is 3.30. The SMILES string of the molecule is CC(C)OCCN1C(=O)C(O)=C(C(=O)c2cccs2)C1c1ccc(C(C)C)cc1. The second-order valence-electron chi connectivity index (χ2n) is 7.71. The van der Waals surface area contributed by atoms with Crippen LogP contribution >= 0.6 is 11.3 Å². The molecule has 0 spiro atoms. The number of carbonyl (C=O) groups excluding carboxylic acids is 2. The summed E-state index contributed by atoms with van der Waals surface area (Å²) in [5.41, 5.74) is 2.11. The highest BCUT2D eigenvalue weighted by Crippen LogP contribution is 2.39. The Morgan fingerprint density at radius 3 is 2.41 bits per heavy atom. The number of thiophene rings is 1. The second kappa shape index (κ2) is 8.93. The van der Waals surface area contributed by atoms with E-state index >= 15 is 0 Å². The van der Waals surface area contributed by atoms with Crippen molar-refractivity contribution in [1.29, 1.82) is 0 Å². The van der Waals surface area contributed by atoms with Gasteiger partial charge in [-0.25, -0.2) is 0 Å². The Hall–Kier alpha value is -2.44. The predicted octanol–water partition coefficient (Wildman–Crippen LogP) is 4.87. The largest absolute Gasteiger partial charge is 0.503 e. The Morgan fingerprint density at radius 1 is 1.17 bits per heavy atom. The highest BCUT2D eigenvalue weighted by atomic mass is 32.1. The van der Waals surface area contributed by atoms with Crippen molar-refractivity contribution in [3.63, 3.8) is 0 Å². The van der Waals surface area contributed by atoms with E-state index in [2.05, 4.69) is 13.8 Å². The monoisotopic (exact) mass is 413 g/mol. The second-order valence-corrected chi connectivity index (χ2v) is 8.66. The number of rotatable bonds is 8. The minimum atomic E-state index is -0.630. The number of amides is 1. The lowest BCUT2D eigenvalue weighted by Gasteiger charge is -2.27. The van der Waals surface area contributed by atoms with Gasteiger partial charge in [-0.2, -0.15) is 0 Å². The van der Waals surface area contributed by atoms with E-state index in [-0.39, 0.29) is 17.5 Å². The zero-order valence-corrected chi connectivity index (χ0v) is 18.0. The van der Waals surface area contributed by atoms with E-state index in [1.807, 2.05) is 43.5 Å². The Labute approximate surface area is 175 Å². The third-order valence-electron chi connectivity index (χ3n) is 5.00. The molecule has 5 nitrogen and oxygen atoms in total. The van der Waals surface area contributed by atoms with Gasteiger partial charge >= 0.3 is 0 Å². The fraction of sp³-hybridized carbons (Fsp3) is 0.391. The van der Waals surface area contributed by atoms with E-state index in [0.717, 1.165) is 5.56 Å². The number of Topliss-reactive ketones (excluding diaryl/α,β-unsaturated/α-hetero) is 1. The Bertz CT molecular complexity index is 897. The molecule has 1 unspecified atom stereocenters. The van der Waals surface area contributed by atoms with E-state index < -0.39 is 17.7 Å². The minimum absolute atomic E-state index is 0.0326. The van der Waals surface area contributed by atoms with Crippen LogP contribution in [0.25, 0.3) is 0 Å². The van der Waals surface area contributed by atoms with Crippen LogP contribution in [0.1, 0.15) is 60.5 Å². The van der Waals surface area contributed by atoms with Gasteiger partial charge in [-0.3, -0.25) is 9.59 Å². The number of hydrogen-bond acceptors (Lipinski definition) is 5. The Balaban J connectivity index is 1.99. The van der Waals surface area contributed by atoms with Crippen molar-refractivity contribution in [1.82, 2.24) is 4.90 Å². The number of hydrogen-bond donors (Lipinski definition) is 1. The van der Waals surface area contributed by atoms with Gasteiger partial charge in [0, 0.05) is 6.54 Å². The first-order valence-corrected chi connectivity index (χ1v) is 10.7. The van der Waals surface area contributed by atoms with Gasteiger partial charge in [0.2, 0.25) is 5.78 Å². The maximum Gasteiger partial charge on any atom is 0.290 e. The van der Waals surface area contributed by atoms with Gasteiger partial charge in [-0.05, 0) is 42.3 Å². The van der Waals surface area contributed by atoms with E-state index in [4.69, 9.17) is 4.74 Å². The summed E-state index contributed by atoms with van der Waals surface area (Å²) >= 11 is 1.30. The van der Waals surface area contributed by atoms with Crippen molar-refractivity contribution in [2.24, 2.45) is 0 Å². The van der Waals surface area contributed by atoms with Crippen LogP contribution in [-0.2, 0) is 9.53 Å². The maximum absolute atomic E-state index is 13.1. The molecule has 0 saturated carbocycles. The lowest BCUT2D eigenvalue weighted by atomic mass is 9.93. The van der Waals surface area contributed by atoms with Crippen LogP contribution in [0.2, 0.25) is 0 Å². The van der Waals surface area contributed by atoms with Crippen molar-refractivity contribution in [2.45, 2.75) is 45.8 Å². The molecule has 154 valence electrons. The molecule has 1 N–H and O–H groups in total. The molecular weight excluding hydrogens is 386 g/mol. The summed E-state index contributed by atoms with van der Waals surface area (Å²) in [6.45, 7) is 8.70. The molecule has 2 aromatic rings. The fourth-order valence-corrected chi connectivity index (χ4v) is 4.13. The molecule has 1 aliphatic heterocycles. The van der Waals surface area contributed by atoms with Crippen LogP contribution in [0.3, 0.4) is 0 Å². The van der Waals surface area contributed by atoms with Crippen LogP contribution in [0.15, 0.2) is 53.1 Å². The standard InChI is InChI=1S/C23H27NO4S/c1-14(2)16-7-9-17(10-8-16)20-19(21(25)18-6-5-13-29-18)22(26)23(27)24(20)11-12-28-15(3)4/h5-10,13-15,20,26H,11-12H2,1-4H3. The zero-order valence-electron chi connectivity index (χ0n) is 17.2. The molecule has 1 aliphatic rings. The molecule has 1 aromatic heterocycles. The highest BCUT2D eigenvalue weighted by Gasteiger charge is 2.43. The van der Waals surface area contributed by atoms with Gasteiger partial charge in [0.15, 0.2) is 5.76 Å². The molecule has 0 aliphatic carbocycles. The number of carbonyl (C=O) groups is 2. The van der Waals surface area contributed by atoms with Crippen LogP contribution in [0.4, 0.5) is 0 Å². The lowest BCUT2D eigenvalue weighted by Crippen LogP contribution is -2.34. The molecule has 1 aromatic carbocycles. The first kappa shape index (κ1) is 21.3. The van der Waals surface area contributed by atoms with Gasteiger partial charge in [-0.15, -0.1) is 11.3 Å². The Morgan fingerprint density at radius 2 is 1.86 bits per heavy atom. The molecular formula is C23H27NO4S. The van der Waals surface area contributed by atoms with Crippen molar-refractivity contribution >= 4 is 23.0 Å². The van der Waals surface area contributed by atoms with Crippen molar-refractivity contribution in [2.75, 3.05) is 13.2 Å². The molecule has 0 radical (unpaired) electrons. The van der Waals surface area contributed by atoms with E-state index in [1.54, 1.807) is 12.1 Å². The summed E-state index contributed by atoms with van der Waals surface area (Å²) in [5, 5.41) is 12.4. The maximum atomic E-state index is 13.1. The smallest absolute Gasteiger partial charge is 0.290 e. The lowest BCUT2D eigenvalue weighted by molar-refractivity contribution is -0.130. The summed E-state index contributed by atoms with van der Waals surface area (Å²) < 4.78 is 5.61. The van der Waals surface area contributed by atoms with Crippen LogP contribution < -0.4 is 0 Å². The van der Waals surface area contributed by atoms with Crippen LogP contribution in [0.5, 0.6) is 0 Å². The van der Waals surface area contributed by atoms with E-state index in [0.29, 0.717) is 23.9 Å². The van der Waals surface area contributed by atoms with E-state index in [9.17, 15) is 14.7 Å². The van der Waals surface area contributed by atoms with Crippen molar-refractivity contribution in [3.05, 3.63) is 69.1 Å². The molecule has 0 fully saturated rings. The fourth-order valence-electron chi connectivity index (χ4n) is 3.45. The van der Waals surface area contributed by atoms with Gasteiger partial charge in [0.05, 0.1) is 29.2 Å². The molecule has 29 heavy (non-hydrogen) atoms. The molecule has 6 heteroatoms. The normalized spacial score (nSPS) is 17.1. The number of ketones is 1. The quantitative estimate of drug-likeness (QED) is 0.627. The summed E-state index contributed by atoms with van der Waals surface area (Å²) in [5.74, 6) is -0.932. The van der Waals surface area contributed by atoms with Crippen LogP contribution in [0, 0.1) is 0 Å². The first-order chi connectivity index (χ1) is 13.8. The van der Waals surface area contributed by atoms with Crippen molar-refractivity contribution in [3.8, 4) is 0 Å². The zero-order chi connectivity index (χ0) is 21.1. The van der Waals surface area contributed by atoms with Crippen LogP contribution in [-0.4, -0.2) is 41.0 Å². The number of nitrogens with zero attached hydrogens (tertiary/aromatic N) is 1. The first-order valence-electron chi connectivity index (χ1n) is 9.85. The topological polar surface area (TPSA) is 66.8 Å². The van der Waals surface area contributed by atoms with E-state index in [1.165, 1.54) is 21.8 Å².